The molecule has 170 valence electrons. The maximum Gasteiger partial charge on any atom is 0.408 e. The minimum Gasteiger partial charge on any atom is -0.445 e. The molecule has 1 aliphatic heterocycles. The summed E-state index contributed by atoms with van der Waals surface area (Å²) in [6.45, 7) is 0.353. The van der Waals surface area contributed by atoms with E-state index in [0.717, 1.165) is 27.5 Å². The lowest BCUT2D eigenvalue weighted by molar-refractivity contribution is -0.129. The topological polar surface area (TPSA) is 67.9 Å². The zero-order chi connectivity index (χ0) is 23.3. The van der Waals surface area contributed by atoms with Gasteiger partial charge in [0.1, 0.15) is 19.3 Å². The number of benzene rings is 4. The maximum absolute atomic E-state index is 13.4. The van der Waals surface area contributed by atoms with Gasteiger partial charge in [0.05, 0.1) is 5.69 Å². The number of rotatable bonds is 6. The number of fused-ring (bicyclic) bond motifs is 3. The van der Waals surface area contributed by atoms with E-state index in [-0.39, 0.29) is 19.1 Å². The molecule has 4 aromatic rings. The summed E-state index contributed by atoms with van der Waals surface area (Å²) in [4.78, 5) is 31.9. The second-order valence-electron chi connectivity index (χ2n) is 8.14. The molecular formula is C28H24N2O4. The van der Waals surface area contributed by atoms with Gasteiger partial charge in [-0.2, -0.15) is 5.06 Å². The predicted molar refractivity (Wildman–Crippen MR) is 130 cm³/mol. The van der Waals surface area contributed by atoms with Gasteiger partial charge in [0.2, 0.25) is 0 Å². The highest BCUT2D eigenvalue weighted by atomic mass is 16.7. The maximum atomic E-state index is 13.4. The van der Waals surface area contributed by atoms with Crippen LogP contribution in [0.2, 0.25) is 0 Å². The third-order valence-electron chi connectivity index (χ3n) is 5.85. The fourth-order valence-electron chi connectivity index (χ4n) is 4.15. The van der Waals surface area contributed by atoms with Gasteiger partial charge in [0.15, 0.2) is 0 Å². The molecule has 0 aliphatic carbocycles. The number of carbonyl (C=O) groups excluding carboxylic acids is 2. The zero-order valence-corrected chi connectivity index (χ0v) is 18.5. The van der Waals surface area contributed by atoms with Gasteiger partial charge in [-0.05, 0) is 33.5 Å². The molecule has 34 heavy (non-hydrogen) atoms. The second kappa shape index (κ2) is 9.77. The number of hydroxylamine groups is 1. The molecule has 0 radical (unpaired) electrons. The molecule has 1 heterocycles. The number of hydrogen-bond donors (Lipinski definition) is 1. The molecule has 1 atom stereocenters. The molecule has 0 saturated carbocycles. The van der Waals surface area contributed by atoms with Crippen molar-refractivity contribution >= 4 is 28.5 Å². The van der Waals surface area contributed by atoms with Gasteiger partial charge in [-0.3, -0.25) is 9.63 Å². The normalized spacial score (nSPS) is 15.1. The van der Waals surface area contributed by atoms with E-state index in [1.807, 2.05) is 97.1 Å². The first-order valence-electron chi connectivity index (χ1n) is 11.2. The molecule has 0 saturated heterocycles. The molecular weight excluding hydrogens is 428 g/mol. The van der Waals surface area contributed by atoms with Crippen LogP contribution in [-0.4, -0.2) is 18.0 Å². The van der Waals surface area contributed by atoms with Gasteiger partial charge in [0.25, 0.3) is 5.91 Å². The highest BCUT2D eigenvalue weighted by Crippen LogP contribution is 2.34. The van der Waals surface area contributed by atoms with E-state index in [1.54, 1.807) is 0 Å². The average Bonchev–Trinajstić information content (AvgIpc) is 2.88. The van der Waals surface area contributed by atoms with Crippen LogP contribution in [0.4, 0.5) is 10.5 Å². The number of hydrogen-bond acceptors (Lipinski definition) is 4. The summed E-state index contributed by atoms with van der Waals surface area (Å²) in [6.07, 6.45) is -0.296. The summed E-state index contributed by atoms with van der Waals surface area (Å²) in [5, 5.41) is 6.12. The third-order valence-corrected chi connectivity index (χ3v) is 5.85. The van der Waals surface area contributed by atoms with Crippen molar-refractivity contribution < 1.29 is 19.2 Å². The van der Waals surface area contributed by atoms with Crippen molar-refractivity contribution in [3.05, 3.63) is 114 Å². The van der Waals surface area contributed by atoms with Crippen molar-refractivity contribution in [2.24, 2.45) is 0 Å². The minimum absolute atomic E-state index is 0.126. The van der Waals surface area contributed by atoms with Crippen LogP contribution < -0.4 is 10.4 Å². The SMILES string of the molecule is O=C(NC1Cc2c(ccc3ccccc23)N(OCc2ccccc2)C1=O)OCc1ccccc1. The average molecular weight is 453 g/mol. The Bertz CT molecular complexity index is 1310. The van der Waals surface area contributed by atoms with Gasteiger partial charge in [-0.1, -0.05) is 91.0 Å². The zero-order valence-electron chi connectivity index (χ0n) is 18.5. The quantitative estimate of drug-likeness (QED) is 0.439. The van der Waals surface area contributed by atoms with Crippen LogP contribution in [0.3, 0.4) is 0 Å². The van der Waals surface area contributed by atoms with Crippen LogP contribution in [0.5, 0.6) is 0 Å². The molecule has 1 N–H and O–H groups in total. The van der Waals surface area contributed by atoms with Crippen molar-refractivity contribution in [1.82, 2.24) is 5.32 Å². The summed E-state index contributed by atoms with van der Waals surface area (Å²) in [5.74, 6) is -0.338. The first kappa shape index (κ1) is 21.7. The first-order chi connectivity index (χ1) is 16.7. The third kappa shape index (κ3) is 4.63. The van der Waals surface area contributed by atoms with Crippen LogP contribution in [-0.2, 0) is 34.0 Å². The van der Waals surface area contributed by atoms with Crippen molar-refractivity contribution in [3.63, 3.8) is 0 Å². The number of ether oxygens (including phenoxy) is 1. The van der Waals surface area contributed by atoms with E-state index in [9.17, 15) is 9.59 Å². The summed E-state index contributed by atoms with van der Waals surface area (Å²) >= 11 is 0. The number of amides is 2. The highest BCUT2D eigenvalue weighted by molar-refractivity contribution is 6.04. The molecule has 4 aromatic carbocycles. The number of alkyl carbamates (subject to hydrolysis) is 1. The lowest BCUT2D eigenvalue weighted by Gasteiger charge is -2.34. The first-order valence-corrected chi connectivity index (χ1v) is 11.2. The molecule has 2 amide bonds. The van der Waals surface area contributed by atoms with Gasteiger partial charge in [-0.15, -0.1) is 0 Å². The summed E-state index contributed by atoms with van der Waals surface area (Å²) in [6, 6.07) is 30.1. The van der Waals surface area contributed by atoms with Crippen molar-refractivity contribution in [2.75, 3.05) is 5.06 Å². The molecule has 0 spiro atoms. The highest BCUT2D eigenvalue weighted by Gasteiger charge is 2.36. The van der Waals surface area contributed by atoms with E-state index in [0.29, 0.717) is 12.1 Å². The predicted octanol–water partition coefficient (Wildman–Crippen LogP) is 5.16. The fraction of sp³-hybridized carbons (Fsp3) is 0.143. The van der Waals surface area contributed by atoms with Crippen molar-refractivity contribution in [2.45, 2.75) is 25.7 Å². The summed E-state index contributed by atoms with van der Waals surface area (Å²) in [7, 11) is 0. The molecule has 6 heteroatoms. The number of carbonyl (C=O) groups is 2. The lowest BCUT2D eigenvalue weighted by atomic mass is 9.93. The largest absolute Gasteiger partial charge is 0.445 e. The van der Waals surface area contributed by atoms with E-state index in [4.69, 9.17) is 9.57 Å². The summed E-state index contributed by atoms with van der Waals surface area (Å²) in [5.41, 5.74) is 3.45. The molecule has 0 aromatic heterocycles. The van der Waals surface area contributed by atoms with Gasteiger partial charge in [0, 0.05) is 6.42 Å². The molecule has 0 fully saturated rings. The Kier molecular flexibility index (Phi) is 6.23. The Labute approximate surface area is 197 Å². The lowest BCUT2D eigenvalue weighted by Crippen LogP contribution is -2.53. The van der Waals surface area contributed by atoms with E-state index in [1.165, 1.54) is 5.06 Å². The Morgan fingerprint density at radius 2 is 1.47 bits per heavy atom. The fourth-order valence-corrected chi connectivity index (χ4v) is 4.15. The standard InChI is InChI=1S/C28H24N2O4/c31-27-25(29-28(32)33-18-20-9-3-1-4-10-20)17-24-23-14-8-7-13-22(23)15-16-26(24)30(27)34-19-21-11-5-2-6-12-21/h1-16,25H,17-19H2,(H,29,32). The van der Waals surface area contributed by atoms with Crippen LogP contribution in [0.25, 0.3) is 10.8 Å². The number of anilines is 1. The molecule has 5 rings (SSSR count). The van der Waals surface area contributed by atoms with Crippen molar-refractivity contribution in [1.29, 1.82) is 0 Å². The monoisotopic (exact) mass is 452 g/mol. The Balaban J connectivity index is 1.39. The number of nitrogens with zero attached hydrogens (tertiary/aromatic N) is 1. The van der Waals surface area contributed by atoms with Crippen molar-refractivity contribution in [3.8, 4) is 0 Å². The number of nitrogens with one attached hydrogen (secondary N) is 1. The van der Waals surface area contributed by atoms with Crippen LogP contribution in [0.1, 0.15) is 16.7 Å². The van der Waals surface area contributed by atoms with Gasteiger partial charge >= 0.3 is 6.09 Å². The molecule has 1 unspecified atom stereocenters. The van der Waals surface area contributed by atoms with Crippen LogP contribution >= 0.6 is 0 Å². The van der Waals surface area contributed by atoms with E-state index in [2.05, 4.69) is 5.32 Å². The molecule has 0 bridgehead atoms. The molecule has 1 aliphatic rings. The Morgan fingerprint density at radius 1 is 0.824 bits per heavy atom. The summed E-state index contributed by atoms with van der Waals surface area (Å²) < 4.78 is 5.36. The Hall–Kier alpha value is -4.16. The van der Waals surface area contributed by atoms with Gasteiger partial charge < -0.3 is 10.1 Å². The van der Waals surface area contributed by atoms with Crippen LogP contribution in [0, 0.1) is 0 Å². The second-order valence-corrected chi connectivity index (χ2v) is 8.14. The van der Waals surface area contributed by atoms with E-state index >= 15 is 0 Å². The minimum atomic E-state index is -0.808. The molecule has 6 nitrogen and oxygen atoms in total. The smallest absolute Gasteiger partial charge is 0.408 e. The van der Waals surface area contributed by atoms with Gasteiger partial charge in [-0.25, -0.2) is 4.79 Å². The van der Waals surface area contributed by atoms with Crippen LogP contribution in [0.15, 0.2) is 97.1 Å². The van der Waals surface area contributed by atoms with E-state index < -0.39 is 12.1 Å². The Morgan fingerprint density at radius 3 is 2.21 bits per heavy atom.